The van der Waals surface area contributed by atoms with E-state index < -0.39 is 0 Å². The van der Waals surface area contributed by atoms with Crippen LogP contribution in [0.4, 0.5) is 5.69 Å². The molecule has 0 fully saturated rings. The van der Waals surface area contributed by atoms with Gasteiger partial charge in [0.25, 0.3) is 0 Å². The molecule has 3 N–H and O–H groups in total. The van der Waals surface area contributed by atoms with Crippen LogP contribution in [0.2, 0.25) is 0 Å². The van der Waals surface area contributed by atoms with Gasteiger partial charge in [0.1, 0.15) is 0 Å². The van der Waals surface area contributed by atoms with E-state index in [1.54, 1.807) is 0 Å². The average Bonchev–Trinajstić information content (AvgIpc) is 2.72. The lowest BCUT2D eigenvalue weighted by atomic mass is 10.0. The minimum Gasteiger partial charge on any atom is -0.383 e. The molecular weight excluding hydrogens is 358 g/mol. The summed E-state index contributed by atoms with van der Waals surface area (Å²) >= 11 is 0. The normalized spacial score (nSPS) is 11.0. The zero-order chi connectivity index (χ0) is 20.6. The lowest BCUT2D eigenvalue weighted by Crippen LogP contribution is -2.36. The minimum absolute atomic E-state index is 0.0133. The van der Waals surface area contributed by atoms with Gasteiger partial charge in [-0.3, -0.25) is 4.79 Å². The van der Waals surface area contributed by atoms with Crippen LogP contribution in [-0.4, -0.2) is 25.5 Å². The number of aryl methyl sites for hydroxylation is 1. The molecule has 0 saturated heterocycles. The molecule has 0 bridgehead atoms. The van der Waals surface area contributed by atoms with Gasteiger partial charge >= 0.3 is 0 Å². The number of fused-ring (bicyclic) bond motifs is 1. The van der Waals surface area contributed by atoms with Crippen LogP contribution < -0.4 is 16.0 Å². The van der Waals surface area contributed by atoms with Gasteiger partial charge in [0.2, 0.25) is 5.91 Å². The largest absolute Gasteiger partial charge is 0.383 e. The summed E-state index contributed by atoms with van der Waals surface area (Å²) in [5.41, 5.74) is 4.89. The van der Waals surface area contributed by atoms with Crippen LogP contribution in [0.5, 0.6) is 0 Å². The number of hydrogen-bond donors (Lipinski definition) is 3. The number of anilines is 1. The zero-order valence-electron chi connectivity index (χ0n) is 17.6. The van der Waals surface area contributed by atoms with E-state index in [0.717, 1.165) is 5.69 Å². The average molecular weight is 390 g/mol. The van der Waals surface area contributed by atoms with Crippen molar-refractivity contribution >= 4 is 22.4 Å². The molecule has 152 valence electrons. The van der Waals surface area contributed by atoms with Crippen molar-refractivity contribution in [3.8, 4) is 0 Å². The molecule has 0 atom stereocenters. The molecule has 0 aromatic heterocycles. The maximum absolute atomic E-state index is 12.0. The van der Waals surface area contributed by atoms with Gasteiger partial charge in [-0.1, -0.05) is 68.4 Å². The molecule has 4 heteroatoms. The molecule has 0 unspecified atom stereocenters. The lowest BCUT2D eigenvalue weighted by Gasteiger charge is -2.12. The van der Waals surface area contributed by atoms with Crippen molar-refractivity contribution in [1.29, 1.82) is 0 Å². The van der Waals surface area contributed by atoms with Crippen molar-refractivity contribution in [3.05, 3.63) is 77.4 Å². The van der Waals surface area contributed by atoms with Gasteiger partial charge in [0.05, 0.1) is 6.54 Å². The summed E-state index contributed by atoms with van der Waals surface area (Å²) in [7, 11) is 0. The van der Waals surface area contributed by atoms with Crippen LogP contribution in [-0.2, 0) is 11.3 Å². The summed E-state index contributed by atoms with van der Waals surface area (Å²) in [4.78, 5) is 12.0. The van der Waals surface area contributed by atoms with Crippen LogP contribution in [0.3, 0.4) is 0 Å². The van der Waals surface area contributed by atoms with E-state index >= 15 is 0 Å². The highest BCUT2D eigenvalue weighted by Gasteiger charge is 2.04. The molecule has 4 nitrogen and oxygen atoms in total. The van der Waals surface area contributed by atoms with Crippen molar-refractivity contribution < 1.29 is 4.79 Å². The highest BCUT2D eigenvalue weighted by molar-refractivity contribution is 5.95. The number of carbonyl (C=O) groups is 1. The quantitative estimate of drug-likeness (QED) is 0.469. The third kappa shape index (κ3) is 5.81. The van der Waals surface area contributed by atoms with Gasteiger partial charge in [-0.2, -0.15) is 0 Å². The second-order valence-electron chi connectivity index (χ2n) is 7.75. The lowest BCUT2D eigenvalue weighted by molar-refractivity contribution is -0.120. The van der Waals surface area contributed by atoms with Gasteiger partial charge in [-0.25, -0.2) is 0 Å². The SMILES string of the molecule is Cc1cccc2c(NCCNC(=O)CNCc3ccc(C(C)C)cc3)cccc12. The fraction of sp³-hybridized carbons (Fsp3) is 0.320. The van der Waals surface area contributed by atoms with Gasteiger partial charge < -0.3 is 16.0 Å². The molecule has 0 aliphatic carbocycles. The molecule has 3 aromatic carbocycles. The van der Waals surface area contributed by atoms with Crippen LogP contribution in [0.15, 0.2) is 60.7 Å². The third-order valence-corrected chi connectivity index (χ3v) is 5.16. The standard InChI is InChI=1S/C25H31N3O/c1-18(2)21-12-10-20(11-13-21)16-26-17-25(29)28-15-14-27-24-9-5-7-22-19(3)6-4-8-23(22)24/h4-13,18,26-27H,14-17H2,1-3H3,(H,28,29). The molecule has 0 aliphatic rings. The Hall–Kier alpha value is -2.85. The summed E-state index contributed by atoms with van der Waals surface area (Å²) in [6.07, 6.45) is 0. The molecule has 0 spiro atoms. The number of benzene rings is 3. The molecule has 29 heavy (non-hydrogen) atoms. The predicted octanol–water partition coefficient (Wildman–Crippen LogP) is 4.59. The topological polar surface area (TPSA) is 53.2 Å². The minimum atomic E-state index is 0.0133. The van der Waals surface area contributed by atoms with Crippen molar-refractivity contribution in [2.45, 2.75) is 33.2 Å². The first-order valence-corrected chi connectivity index (χ1v) is 10.3. The Kier molecular flexibility index (Phi) is 7.25. The van der Waals surface area contributed by atoms with E-state index in [0.29, 0.717) is 32.1 Å². The second-order valence-corrected chi connectivity index (χ2v) is 7.75. The number of nitrogens with one attached hydrogen (secondary N) is 3. The van der Waals surface area contributed by atoms with Gasteiger partial charge in [-0.15, -0.1) is 0 Å². The first-order chi connectivity index (χ1) is 14.0. The van der Waals surface area contributed by atoms with Gasteiger partial charge in [0.15, 0.2) is 0 Å². The Morgan fingerprint density at radius 1 is 0.897 bits per heavy atom. The predicted molar refractivity (Wildman–Crippen MR) is 122 cm³/mol. The molecular formula is C25H31N3O. The summed E-state index contributed by atoms with van der Waals surface area (Å²) < 4.78 is 0. The Bertz CT molecular complexity index is 948. The molecule has 3 rings (SSSR count). The van der Waals surface area contributed by atoms with Crippen molar-refractivity contribution in [3.63, 3.8) is 0 Å². The maximum Gasteiger partial charge on any atom is 0.234 e. The number of hydrogen-bond acceptors (Lipinski definition) is 3. The Morgan fingerprint density at radius 2 is 1.62 bits per heavy atom. The Balaban J connectivity index is 1.38. The summed E-state index contributed by atoms with van der Waals surface area (Å²) in [5.74, 6) is 0.550. The molecule has 0 radical (unpaired) electrons. The number of carbonyl (C=O) groups excluding carboxylic acids is 1. The van der Waals surface area contributed by atoms with Crippen LogP contribution >= 0.6 is 0 Å². The monoisotopic (exact) mass is 389 g/mol. The first-order valence-electron chi connectivity index (χ1n) is 10.3. The second kappa shape index (κ2) is 10.1. The van der Waals surface area contributed by atoms with E-state index in [-0.39, 0.29) is 5.91 Å². The first kappa shape index (κ1) is 20.9. The highest BCUT2D eigenvalue weighted by atomic mass is 16.1. The van der Waals surface area contributed by atoms with E-state index in [4.69, 9.17) is 0 Å². The zero-order valence-corrected chi connectivity index (χ0v) is 17.6. The van der Waals surface area contributed by atoms with Crippen molar-refractivity contribution in [2.24, 2.45) is 0 Å². The van der Waals surface area contributed by atoms with E-state index in [9.17, 15) is 4.79 Å². The summed E-state index contributed by atoms with van der Waals surface area (Å²) in [6.45, 7) is 8.79. The van der Waals surface area contributed by atoms with Crippen molar-refractivity contribution in [1.82, 2.24) is 10.6 Å². The van der Waals surface area contributed by atoms with E-state index in [2.05, 4.69) is 97.4 Å². The third-order valence-electron chi connectivity index (χ3n) is 5.16. The van der Waals surface area contributed by atoms with Gasteiger partial charge in [0, 0.05) is 30.7 Å². The molecule has 1 amide bonds. The highest BCUT2D eigenvalue weighted by Crippen LogP contribution is 2.25. The summed E-state index contributed by atoms with van der Waals surface area (Å²) in [5, 5.41) is 12.1. The number of amides is 1. The van der Waals surface area contributed by atoms with Crippen molar-refractivity contribution in [2.75, 3.05) is 25.0 Å². The molecule has 0 aliphatic heterocycles. The van der Waals surface area contributed by atoms with E-state index in [1.807, 2.05) is 0 Å². The summed E-state index contributed by atoms with van der Waals surface area (Å²) in [6, 6.07) is 21.2. The van der Waals surface area contributed by atoms with Crippen LogP contribution in [0.1, 0.15) is 36.5 Å². The van der Waals surface area contributed by atoms with Crippen LogP contribution in [0.25, 0.3) is 10.8 Å². The smallest absolute Gasteiger partial charge is 0.234 e. The molecule has 3 aromatic rings. The molecule has 0 saturated carbocycles. The van der Waals surface area contributed by atoms with Gasteiger partial charge in [-0.05, 0) is 41.0 Å². The Morgan fingerprint density at radius 3 is 2.38 bits per heavy atom. The van der Waals surface area contributed by atoms with E-state index in [1.165, 1.54) is 27.5 Å². The number of rotatable bonds is 9. The Labute approximate surface area is 173 Å². The molecule has 0 heterocycles. The fourth-order valence-electron chi connectivity index (χ4n) is 3.42. The van der Waals surface area contributed by atoms with Crippen LogP contribution in [0, 0.1) is 6.92 Å². The fourth-order valence-corrected chi connectivity index (χ4v) is 3.42. The maximum atomic E-state index is 12.0.